The highest BCUT2D eigenvalue weighted by Crippen LogP contribution is 2.32. The van der Waals surface area contributed by atoms with Crippen LogP contribution in [-0.4, -0.2) is 8.42 Å². The average Bonchev–Trinajstić information content (AvgIpc) is 2.13. The molecule has 0 spiro atoms. The van der Waals surface area contributed by atoms with Crippen molar-refractivity contribution in [1.29, 1.82) is 0 Å². The van der Waals surface area contributed by atoms with Crippen molar-refractivity contribution in [2.45, 2.75) is 19.6 Å². The quantitative estimate of drug-likeness (QED) is 0.867. The van der Waals surface area contributed by atoms with Crippen molar-refractivity contribution < 1.29 is 21.6 Å². The first-order valence-corrected chi connectivity index (χ1v) is 6.08. The van der Waals surface area contributed by atoms with Gasteiger partial charge in [0.05, 0.1) is 5.56 Å². The average molecular weight is 268 g/mol. The van der Waals surface area contributed by atoms with Crippen LogP contribution in [0.25, 0.3) is 0 Å². The zero-order valence-electron chi connectivity index (χ0n) is 8.88. The minimum atomic E-state index is -4.53. The van der Waals surface area contributed by atoms with E-state index < -0.39 is 28.5 Å². The molecule has 1 rings (SSSR count). The Bertz CT molecular complexity index is 511. The SMILES string of the molecule is Cc1ccc(CNS(N)(=O)=O)c(C(F)(F)F)c1. The Kier molecular flexibility index (Phi) is 3.80. The van der Waals surface area contributed by atoms with Crippen LogP contribution in [0, 0.1) is 6.92 Å². The minimum Gasteiger partial charge on any atom is -0.216 e. The van der Waals surface area contributed by atoms with Crippen LogP contribution in [0.4, 0.5) is 13.2 Å². The van der Waals surface area contributed by atoms with Gasteiger partial charge >= 0.3 is 6.18 Å². The zero-order valence-corrected chi connectivity index (χ0v) is 9.69. The molecule has 0 radical (unpaired) electrons. The molecule has 0 unspecified atom stereocenters. The fourth-order valence-corrected chi connectivity index (χ4v) is 1.64. The van der Waals surface area contributed by atoms with E-state index in [1.165, 1.54) is 19.1 Å². The van der Waals surface area contributed by atoms with E-state index in [1.54, 1.807) is 0 Å². The van der Waals surface area contributed by atoms with Crippen LogP contribution in [0.5, 0.6) is 0 Å². The van der Waals surface area contributed by atoms with Crippen molar-refractivity contribution in [3.8, 4) is 0 Å². The molecule has 0 aliphatic carbocycles. The molecule has 1 aromatic rings. The summed E-state index contributed by atoms with van der Waals surface area (Å²) < 4.78 is 61.0. The predicted molar refractivity (Wildman–Crippen MR) is 56.1 cm³/mol. The first-order chi connectivity index (χ1) is 7.59. The molecule has 17 heavy (non-hydrogen) atoms. The highest BCUT2D eigenvalue weighted by Gasteiger charge is 2.33. The van der Waals surface area contributed by atoms with Crippen molar-refractivity contribution in [3.05, 3.63) is 34.9 Å². The second-order valence-electron chi connectivity index (χ2n) is 3.52. The van der Waals surface area contributed by atoms with Crippen molar-refractivity contribution in [1.82, 2.24) is 4.72 Å². The van der Waals surface area contributed by atoms with Gasteiger partial charge in [-0.2, -0.15) is 26.3 Å². The lowest BCUT2D eigenvalue weighted by Crippen LogP contribution is -2.31. The summed E-state index contributed by atoms with van der Waals surface area (Å²) in [7, 11) is -4.01. The summed E-state index contributed by atoms with van der Waals surface area (Å²) in [6.45, 7) is 1.03. The Morgan fingerprint density at radius 1 is 1.35 bits per heavy atom. The Hall–Kier alpha value is -1.12. The van der Waals surface area contributed by atoms with E-state index in [0.717, 1.165) is 6.07 Å². The Labute approximate surface area is 96.8 Å². The van der Waals surface area contributed by atoms with E-state index in [0.29, 0.717) is 5.56 Å². The summed E-state index contributed by atoms with van der Waals surface area (Å²) >= 11 is 0. The van der Waals surface area contributed by atoms with Crippen LogP contribution >= 0.6 is 0 Å². The Morgan fingerprint density at radius 2 is 1.94 bits per heavy atom. The van der Waals surface area contributed by atoms with Gasteiger partial charge in [-0.3, -0.25) is 0 Å². The first-order valence-electron chi connectivity index (χ1n) is 4.54. The standard InChI is InChI=1S/C9H11F3N2O2S/c1-6-2-3-7(5-14-17(13,15)16)8(4-6)9(10,11)12/h2-4,14H,5H2,1H3,(H2,13,15,16). The molecule has 8 heteroatoms. The maximum absolute atomic E-state index is 12.6. The predicted octanol–water partition coefficient (Wildman–Crippen LogP) is 1.31. The largest absolute Gasteiger partial charge is 0.416 e. The number of aryl methyl sites for hydroxylation is 1. The molecular formula is C9H11F3N2O2S. The van der Waals surface area contributed by atoms with Crippen LogP contribution in [0.3, 0.4) is 0 Å². The molecule has 4 nitrogen and oxygen atoms in total. The fourth-order valence-electron chi connectivity index (χ4n) is 1.29. The van der Waals surface area contributed by atoms with Gasteiger partial charge in [-0.15, -0.1) is 0 Å². The zero-order chi connectivity index (χ0) is 13.3. The van der Waals surface area contributed by atoms with Crippen LogP contribution in [0.15, 0.2) is 18.2 Å². The van der Waals surface area contributed by atoms with Crippen LogP contribution in [0.1, 0.15) is 16.7 Å². The molecule has 0 saturated carbocycles. The summed E-state index contributed by atoms with van der Waals surface area (Å²) in [5, 5.41) is 4.65. The third kappa shape index (κ3) is 4.33. The molecule has 0 heterocycles. The number of nitrogens with two attached hydrogens (primary N) is 1. The third-order valence-corrected chi connectivity index (χ3v) is 2.58. The van der Waals surface area contributed by atoms with Crippen molar-refractivity contribution in [2.24, 2.45) is 5.14 Å². The summed E-state index contributed by atoms with van der Waals surface area (Å²) in [6.07, 6.45) is -4.53. The van der Waals surface area contributed by atoms with Gasteiger partial charge in [-0.1, -0.05) is 17.7 Å². The van der Waals surface area contributed by atoms with Gasteiger partial charge in [-0.05, 0) is 18.6 Å². The van der Waals surface area contributed by atoms with Crippen LogP contribution < -0.4 is 9.86 Å². The highest BCUT2D eigenvalue weighted by molar-refractivity contribution is 7.87. The number of halogens is 3. The molecule has 1 aromatic carbocycles. The van der Waals surface area contributed by atoms with Gasteiger partial charge < -0.3 is 0 Å². The molecule has 0 aliphatic heterocycles. The number of alkyl halides is 3. The van der Waals surface area contributed by atoms with Crippen LogP contribution in [0.2, 0.25) is 0 Å². The number of hydrogen-bond acceptors (Lipinski definition) is 2. The van der Waals surface area contributed by atoms with E-state index >= 15 is 0 Å². The number of nitrogens with one attached hydrogen (secondary N) is 1. The maximum atomic E-state index is 12.6. The summed E-state index contributed by atoms with van der Waals surface area (Å²) in [4.78, 5) is 0. The van der Waals surface area contributed by atoms with E-state index in [2.05, 4.69) is 5.14 Å². The number of rotatable bonds is 3. The fraction of sp³-hybridized carbons (Fsp3) is 0.333. The summed E-state index contributed by atoms with van der Waals surface area (Å²) in [6, 6.07) is 3.64. The van der Waals surface area contributed by atoms with Gasteiger partial charge in [0.1, 0.15) is 0 Å². The van der Waals surface area contributed by atoms with Crippen molar-refractivity contribution >= 4 is 10.2 Å². The molecule has 0 fully saturated rings. The molecule has 96 valence electrons. The van der Waals surface area contributed by atoms with Gasteiger partial charge in [-0.25, -0.2) is 5.14 Å². The topological polar surface area (TPSA) is 72.2 Å². The molecule has 3 N–H and O–H groups in total. The monoisotopic (exact) mass is 268 g/mol. The molecule has 0 bridgehead atoms. The Morgan fingerprint density at radius 3 is 2.41 bits per heavy atom. The lowest BCUT2D eigenvalue weighted by atomic mass is 10.0. The lowest BCUT2D eigenvalue weighted by Gasteiger charge is -2.13. The van der Waals surface area contributed by atoms with E-state index in [4.69, 9.17) is 0 Å². The van der Waals surface area contributed by atoms with Gasteiger partial charge in [0, 0.05) is 6.54 Å². The van der Waals surface area contributed by atoms with E-state index in [9.17, 15) is 21.6 Å². The summed E-state index contributed by atoms with van der Waals surface area (Å²) in [5.74, 6) is 0. The van der Waals surface area contributed by atoms with Gasteiger partial charge in [0.15, 0.2) is 0 Å². The highest BCUT2D eigenvalue weighted by atomic mass is 32.2. The number of hydrogen-bond donors (Lipinski definition) is 2. The normalized spacial score (nSPS) is 12.8. The van der Waals surface area contributed by atoms with E-state index in [-0.39, 0.29) is 5.56 Å². The van der Waals surface area contributed by atoms with Gasteiger partial charge in [0.25, 0.3) is 10.2 Å². The molecule has 0 saturated heterocycles. The smallest absolute Gasteiger partial charge is 0.216 e. The number of benzene rings is 1. The molecular weight excluding hydrogens is 257 g/mol. The molecule has 0 aromatic heterocycles. The summed E-state index contributed by atoms with van der Waals surface area (Å²) in [5.41, 5.74) is -0.595. The molecule has 0 amide bonds. The Balaban J connectivity index is 3.07. The van der Waals surface area contributed by atoms with Crippen molar-refractivity contribution in [2.75, 3.05) is 0 Å². The maximum Gasteiger partial charge on any atom is 0.416 e. The molecule has 0 aliphatic rings. The van der Waals surface area contributed by atoms with E-state index in [1.807, 2.05) is 4.72 Å². The van der Waals surface area contributed by atoms with Crippen LogP contribution in [-0.2, 0) is 22.9 Å². The second kappa shape index (κ2) is 4.63. The third-order valence-electron chi connectivity index (χ3n) is 2.03. The second-order valence-corrected chi connectivity index (χ2v) is 4.90. The van der Waals surface area contributed by atoms with Gasteiger partial charge in [0.2, 0.25) is 0 Å². The lowest BCUT2D eigenvalue weighted by molar-refractivity contribution is -0.138. The molecule has 0 atom stereocenters. The first kappa shape index (κ1) is 13.9. The van der Waals surface area contributed by atoms with Crippen molar-refractivity contribution in [3.63, 3.8) is 0 Å². The minimum absolute atomic E-state index is 0.169.